The average molecular weight is 200 g/mol. The molecule has 80 valence electrons. The monoisotopic (exact) mass is 200 g/mol. The highest BCUT2D eigenvalue weighted by Gasteiger charge is 2.33. The van der Waals surface area contributed by atoms with Crippen molar-refractivity contribution in [3.8, 4) is 0 Å². The van der Waals surface area contributed by atoms with E-state index in [4.69, 9.17) is 4.74 Å². The van der Waals surface area contributed by atoms with E-state index in [-0.39, 0.29) is 24.5 Å². The van der Waals surface area contributed by atoms with Crippen LogP contribution in [-0.2, 0) is 14.3 Å². The number of hydrogen-bond donors (Lipinski definition) is 1. The number of morpholine rings is 1. The lowest BCUT2D eigenvalue weighted by Crippen LogP contribution is -2.54. The predicted octanol–water partition coefficient (Wildman–Crippen LogP) is -0.632. The molecule has 1 aliphatic heterocycles. The van der Waals surface area contributed by atoms with Gasteiger partial charge in [0.25, 0.3) is 5.91 Å². The molecule has 14 heavy (non-hydrogen) atoms. The van der Waals surface area contributed by atoms with Crippen LogP contribution in [0.4, 0.5) is 0 Å². The number of rotatable bonds is 3. The lowest BCUT2D eigenvalue weighted by Gasteiger charge is -2.33. The Bertz CT molecular complexity index is 242. The molecule has 2 unspecified atom stereocenters. The number of carbonyl (C=O) groups is 2. The van der Waals surface area contributed by atoms with Gasteiger partial charge in [0.1, 0.15) is 6.04 Å². The molecular weight excluding hydrogens is 184 g/mol. The Morgan fingerprint density at radius 3 is 2.86 bits per heavy atom. The molecule has 0 bridgehead atoms. The summed E-state index contributed by atoms with van der Waals surface area (Å²) in [5, 5.41) is 3.02. The second-order valence-electron chi connectivity index (χ2n) is 3.52. The fraction of sp³-hybridized carbons (Fsp3) is 0.778. The summed E-state index contributed by atoms with van der Waals surface area (Å²) in [6.45, 7) is 4.05. The molecule has 0 radical (unpaired) electrons. The average Bonchev–Trinajstić information content (AvgIpc) is 2.18. The number of amides is 1. The van der Waals surface area contributed by atoms with Crippen molar-refractivity contribution < 1.29 is 14.3 Å². The van der Waals surface area contributed by atoms with Gasteiger partial charge >= 0.3 is 5.97 Å². The van der Waals surface area contributed by atoms with E-state index in [1.165, 1.54) is 0 Å². The number of carbonyl (C=O) groups excluding carboxylic acids is 2. The molecule has 5 nitrogen and oxygen atoms in total. The summed E-state index contributed by atoms with van der Waals surface area (Å²) in [4.78, 5) is 24.2. The summed E-state index contributed by atoms with van der Waals surface area (Å²) in [7, 11) is 1.82. The highest BCUT2D eigenvalue weighted by Crippen LogP contribution is 2.09. The molecule has 5 heteroatoms. The lowest BCUT2D eigenvalue weighted by molar-refractivity contribution is -0.168. The van der Waals surface area contributed by atoms with Crippen LogP contribution < -0.4 is 5.32 Å². The third-order valence-electron chi connectivity index (χ3n) is 2.43. The topological polar surface area (TPSA) is 58.6 Å². The van der Waals surface area contributed by atoms with Crippen molar-refractivity contribution in [3.63, 3.8) is 0 Å². The molecule has 2 atom stereocenters. The molecule has 0 aromatic heterocycles. The van der Waals surface area contributed by atoms with Crippen LogP contribution in [0.5, 0.6) is 0 Å². The summed E-state index contributed by atoms with van der Waals surface area (Å²) in [5.74, 6) is -0.452. The Labute approximate surface area is 83.4 Å². The molecule has 1 fully saturated rings. The van der Waals surface area contributed by atoms with Crippen molar-refractivity contribution in [2.45, 2.75) is 25.9 Å². The maximum atomic E-state index is 11.4. The van der Waals surface area contributed by atoms with Crippen LogP contribution in [-0.4, -0.2) is 49.1 Å². The largest absolute Gasteiger partial charge is 0.454 e. The lowest BCUT2D eigenvalue weighted by atomic mass is 10.2. The summed E-state index contributed by atoms with van der Waals surface area (Å²) >= 11 is 0. The number of hydrogen-bond acceptors (Lipinski definition) is 4. The summed E-state index contributed by atoms with van der Waals surface area (Å²) < 4.78 is 4.70. The van der Waals surface area contributed by atoms with E-state index in [0.717, 1.165) is 0 Å². The minimum absolute atomic E-state index is 0.125. The van der Waals surface area contributed by atoms with Crippen molar-refractivity contribution in [1.29, 1.82) is 0 Å². The number of likely N-dealkylation sites (N-methyl/N-ethyl adjacent to an activating group) is 1. The molecule has 1 heterocycles. The first kappa shape index (κ1) is 11.0. The van der Waals surface area contributed by atoms with Crippen molar-refractivity contribution >= 4 is 11.9 Å². The van der Waals surface area contributed by atoms with Gasteiger partial charge < -0.3 is 15.0 Å². The van der Waals surface area contributed by atoms with Gasteiger partial charge in [-0.25, -0.2) is 4.79 Å². The van der Waals surface area contributed by atoms with E-state index < -0.39 is 6.04 Å². The maximum absolute atomic E-state index is 11.4. The zero-order valence-electron chi connectivity index (χ0n) is 8.74. The van der Waals surface area contributed by atoms with Crippen LogP contribution in [0.2, 0.25) is 0 Å². The fourth-order valence-electron chi connectivity index (χ4n) is 1.33. The zero-order chi connectivity index (χ0) is 10.7. The number of nitrogens with one attached hydrogen (secondary N) is 1. The summed E-state index contributed by atoms with van der Waals surface area (Å²) in [6.07, 6.45) is 0. The van der Waals surface area contributed by atoms with E-state index >= 15 is 0 Å². The van der Waals surface area contributed by atoms with Crippen molar-refractivity contribution in [1.82, 2.24) is 10.2 Å². The van der Waals surface area contributed by atoms with Gasteiger partial charge in [-0.3, -0.25) is 4.79 Å². The molecular formula is C9H16N2O3. The van der Waals surface area contributed by atoms with Gasteiger partial charge in [-0.1, -0.05) is 0 Å². The second-order valence-corrected chi connectivity index (χ2v) is 3.52. The zero-order valence-corrected chi connectivity index (χ0v) is 8.74. The Morgan fingerprint density at radius 1 is 1.64 bits per heavy atom. The van der Waals surface area contributed by atoms with Crippen LogP contribution in [0.3, 0.4) is 0 Å². The summed E-state index contributed by atoms with van der Waals surface area (Å²) in [6, 6.07) is -0.292. The van der Waals surface area contributed by atoms with Crippen LogP contribution in [0, 0.1) is 0 Å². The van der Waals surface area contributed by atoms with Crippen LogP contribution >= 0.6 is 0 Å². The van der Waals surface area contributed by atoms with E-state index in [1.54, 1.807) is 11.8 Å². The minimum Gasteiger partial charge on any atom is -0.454 e. The maximum Gasteiger partial charge on any atom is 0.329 e. The standard InChI is InChI=1S/C9H16N2O3/c1-6(10-3)4-11-7(2)9(13)14-5-8(11)12/h6-7,10H,4-5H2,1-3H3. The number of cyclic esters (lactones) is 1. The number of nitrogens with zero attached hydrogens (tertiary/aromatic N) is 1. The van der Waals surface area contributed by atoms with Gasteiger partial charge in [0.2, 0.25) is 0 Å². The molecule has 0 spiro atoms. The Balaban J connectivity index is 2.63. The van der Waals surface area contributed by atoms with E-state index in [9.17, 15) is 9.59 Å². The first-order valence-corrected chi connectivity index (χ1v) is 4.69. The molecule has 1 amide bonds. The normalized spacial score (nSPS) is 24.8. The van der Waals surface area contributed by atoms with Crippen molar-refractivity contribution in [2.75, 3.05) is 20.2 Å². The van der Waals surface area contributed by atoms with Crippen LogP contribution in [0.25, 0.3) is 0 Å². The SMILES string of the molecule is CNC(C)CN1C(=O)COC(=O)C1C. The quantitative estimate of drug-likeness (QED) is 0.616. The fourth-order valence-corrected chi connectivity index (χ4v) is 1.33. The van der Waals surface area contributed by atoms with Gasteiger partial charge in [-0.15, -0.1) is 0 Å². The molecule has 1 saturated heterocycles. The Kier molecular flexibility index (Phi) is 3.46. The third-order valence-corrected chi connectivity index (χ3v) is 2.43. The number of esters is 1. The molecule has 1 aliphatic rings. The summed E-state index contributed by atoms with van der Waals surface area (Å²) in [5.41, 5.74) is 0. The van der Waals surface area contributed by atoms with Gasteiger partial charge in [0.15, 0.2) is 6.61 Å². The van der Waals surface area contributed by atoms with Crippen molar-refractivity contribution in [3.05, 3.63) is 0 Å². The molecule has 0 aromatic carbocycles. The highest BCUT2D eigenvalue weighted by atomic mass is 16.5. The third kappa shape index (κ3) is 2.23. The molecule has 1 N–H and O–H groups in total. The molecule has 0 aromatic rings. The van der Waals surface area contributed by atoms with E-state index in [2.05, 4.69) is 5.32 Å². The first-order valence-electron chi connectivity index (χ1n) is 4.69. The smallest absolute Gasteiger partial charge is 0.329 e. The van der Waals surface area contributed by atoms with Gasteiger partial charge in [-0.05, 0) is 20.9 Å². The number of ether oxygens (including phenoxy) is 1. The highest BCUT2D eigenvalue weighted by molar-refractivity contribution is 5.90. The Morgan fingerprint density at radius 2 is 2.29 bits per heavy atom. The van der Waals surface area contributed by atoms with Gasteiger partial charge in [0.05, 0.1) is 0 Å². The first-order chi connectivity index (χ1) is 6.56. The molecule has 0 aliphatic carbocycles. The van der Waals surface area contributed by atoms with Crippen molar-refractivity contribution in [2.24, 2.45) is 0 Å². The van der Waals surface area contributed by atoms with Gasteiger partial charge in [0, 0.05) is 12.6 Å². The second kappa shape index (κ2) is 4.41. The van der Waals surface area contributed by atoms with E-state index in [1.807, 2.05) is 14.0 Å². The minimum atomic E-state index is -0.466. The Hall–Kier alpha value is -1.10. The van der Waals surface area contributed by atoms with Crippen LogP contribution in [0.15, 0.2) is 0 Å². The molecule has 1 rings (SSSR count). The van der Waals surface area contributed by atoms with Crippen LogP contribution in [0.1, 0.15) is 13.8 Å². The predicted molar refractivity (Wildman–Crippen MR) is 50.7 cm³/mol. The van der Waals surface area contributed by atoms with Gasteiger partial charge in [-0.2, -0.15) is 0 Å². The van der Waals surface area contributed by atoms with E-state index in [0.29, 0.717) is 6.54 Å². The molecule has 0 saturated carbocycles.